The molecule has 0 aliphatic rings. The van der Waals surface area contributed by atoms with Crippen LogP contribution in [0.1, 0.15) is 32.8 Å². The number of hydrogen-bond acceptors (Lipinski definition) is 3. The predicted molar refractivity (Wildman–Crippen MR) is 78.3 cm³/mol. The minimum atomic E-state index is -0.367. The number of halogens is 1. The Morgan fingerprint density at radius 1 is 1.47 bits per heavy atom. The van der Waals surface area contributed by atoms with Gasteiger partial charge in [-0.2, -0.15) is 5.26 Å². The minimum absolute atomic E-state index is 0.0522. The fourth-order valence-electron chi connectivity index (χ4n) is 1.67. The van der Waals surface area contributed by atoms with Crippen LogP contribution in [-0.2, 0) is 6.42 Å². The molecule has 0 spiro atoms. The van der Waals surface area contributed by atoms with Crippen LogP contribution in [0.3, 0.4) is 0 Å². The van der Waals surface area contributed by atoms with Gasteiger partial charge < -0.3 is 10.5 Å². The van der Waals surface area contributed by atoms with E-state index in [1.54, 1.807) is 6.07 Å². The molecule has 19 heavy (non-hydrogen) atoms. The van der Waals surface area contributed by atoms with Crippen molar-refractivity contribution in [2.45, 2.75) is 39.7 Å². The molecule has 1 aromatic carbocycles. The molecule has 0 radical (unpaired) electrons. The zero-order valence-electron chi connectivity index (χ0n) is 11.7. The Kier molecular flexibility index (Phi) is 5.65. The highest BCUT2D eigenvalue weighted by atomic mass is 35.5. The third kappa shape index (κ3) is 5.50. The quantitative estimate of drug-likeness (QED) is 0.867. The van der Waals surface area contributed by atoms with Crippen LogP contribution in [0.25, 0.3) is 0 Å². The van der Waals surface area contributed by atoms with Crippen LogP contribution in [0.2, 0.25) is 5.02 Å². The Labute approximate surface area is 120 Å². The molecule has 1 aromatic rings. The Morgan fingerprint density at radius 2 is 2.16 bits per heavy atom. The molecule has 0 aliphatic heterocycles. The van der Waals surface area contributed by atoms with E-state index >= 15 is 0 Å². The normalized spacial score (nSPS) is 12.8. The second-order valence-corrected chi connectivity index (χ2v) is 5.96. The highest BCUT2D eigenvalue weighted by Crippen LogP contribution is 2.25. The SMILES string of the molecule is CC(N)Cc1cc(Cl)ccc1OCCC(C)(C)C#N. The summed E-state index contributed by atoms with van der Waals surface area (Å²) in [4.78, 5) is 0. The number of nitriles is 1. The zero-order valence-corrected chi connectivity index (χ0v) is 12.5. The first-order chi connectivity index (χ1) is 8.84. The summed E-state index contributed by atoms with van der Waals surface area (Å²) in [5.41, 5.74) is 6.47. The van der Waals surface area contributed by atoms with E-state index in [0.29, 0.717) is 18.1 Å². The third-order valence-electron chi connectivity index (χ3n) is 2.85. The predicted octanol–water partition coefficient (Wildman–Crippen LogP) is 3.55. The molecule has 4 heteroatoms. The van der Waals surface area contributed by atoms with Crippen molar-refractivity contribution in [3.8, 4) is 11.8 Å². The summed E-state index contributed by atoms with van der Waals surface area (Å²) in [6.45, 7) is 6.26. The lowest BCUT2D eigenvalue weighted by Gasteiger charge is -2.17. The highest BCUT2D eigenvalue weighted by Gasteiger charge is 2.17. The van der Waals surface area contributed by atoms with Crippen LogP contribution < -0.4 is 10.5 Å². The molecule has 1 rings (SSSR count). The molecule has 0 amide bonds. The Morgan fingerprint density at radius 3 is 2.74 bits per heavy atom. The monoisotopic (exact) mass is 280 g/mol. The number of nitrogens with zero attached hydrogens (tertiary/aromatic N) is 1. The van der Waals surface area contributed by atoms with E-state index in [9.17, 15) is 0 Å². The smallest absolute Gasteiger partial charge is 0.122 e. The lowest BCUT2D eigenvalue weighted by Crippen LogP contribution is -2.19. The van der Waals surface area contributed by atoms with Crippen LogP contribution in [0, 0.1) is 16.7 Å². The third-order valence-corrected chi connectivity index (χ3v) is 3.09. The second-order valence-electron chi connectivity index (χ2n) is 5.53. The molecule has 0 saturated carbocycles. The van der Waals surface area contributed by atoms with E-state index in [2.05, 4.69) is 6.07 Å². The van der Waals surface area contributed by atoms with E-state index in [-0.39, 0.29) is 11.5 Å². The van der Waals surface area contributed by atoms with Gasteiger partial charge >= 0.3 is 0 Å². The molecule has 0 fully saturated rings. The highest BCUT2D eigenvalue weighted by molar-refractivity contribution is 6.30. The van der Waals surface area contributed by atoms with Gasteiger partial charge in [-0.15, -0.1) is 0 Å². The molecular formula is C15H21ClN2O. The molecule has 0 aromatic heterocycles. The molecule has 0 bridgehead atoms. The lowest BCUT2D eigenvalue weighted by atomic mass is 9.92. The summed E-state index contributed by atoms with van der Waals surface area (Å²) in [6.07, 6.45) is 1.40. The topological polar surface area (TPSA) is 59.0 Å². The van der Waals surface area contributed by atoms with Crippen molar-refractivity contribution in [2.75, 3.05) is 6.61 Å². The number of hydrogen-bond donors (Lipinski definition) is 1. The molecule has 1 unspecified atom stereocenters. The molecule has 3 nitrogen and oxygen atoms in total. The molecule has 104 valence electrons. The number of nitrogens with two attached hydrogens (primary N) is 1. The van der Waals surface area contributed by atoms with E-state index in [1.807, 2.05) is 32.9 Å². The zero-order chi connectivity index (χ0) is 14.5. The van der Waals surface area contributed by atoms with Gasteiger partial charge in [-0.1, -0.05) is 11.6 Å². The Bertz CT molecular complexity index is 464. The van der Waals surface area contributed by atoms with Gasteiger partial charge in [-0.05, 0) is 57.4 Å². The van der Waals surface area contributed by atoms with Crippen LogP contribution in [-0.4, -0.2) is 12.6 Å². The number of ether oxygens (including phenoxy) is 1. The average molecular weight is 281 g/mol. The van der Waals surface area contributed by atoms with Gasteiger partial charge in [0.25, 0.3) is 0 Å². The Balaban J connectivity index is 2.70. The summed E-state index contributed by atoms with van der Waals surface area (Å²) in [5.74, 6) is 0.801. The number of benzene rings is 1. The van der Waals surface area contributed by atoms with Crippen LogP contribution in [0.4, 0.5) is 0 Å². The van der Waals surface area contributed by atoms with Crippen molar-refractivity contribution < 1.29 is 4.74 Å². The standard InChI is InChI=1S/C15H21ClN2O/c1-11(18)8-12-9-13(16)4-5-14(12)19-7-6-15(2,3)10-17/h4-5,9,11H,6-8,18H2,1-3H3. The van der Waals surface area contributed by atoms with Crippen LogP contribution >= 0.6 is 11.6 Å². The van der Waals surface area contributed by atoms with Crippen molar-refractivity contribution in [3.63, 3.8) is 0 Å². The summed E-state index contributed by atoms with van der Waals surface area (Å²) >= 11 is 5.99. The summed E-state index contributed by atoms with van der Waals surface area (Å²) in [6, 6.07) is 7.86. The fourth-order valence-corrected chi connectivity index (χ4v) is 1.86. The van der Waals surface area contributed by atoms with Crippen LogP contribution in [0.15, 0.2) is 18.2 Å². The van der Waals surface area contributed by atoms with Crippen molar-refractivity contribution in [2.24, 2.45) is 11.1 Å². The molecule has 0 heterocycles. The van der Waals surface area contributed by atoms with Crippen molar-refractivity contribution >= 4 is 11.6 Å². The summed E-state index contributed by atoms with van der Waals surface area (Å²) in [5, 5.41) is 9.64. The average Bonchev–Trinajstić information content (AvgIpc) is 2.31. The fraction of sp³-hybridized carbons (Fsp3) is 0.533. The van der Waals surface area contributed by atoms with Crippen molar-refractivity contribution in [3.05, 3.63) is 28.8 Å². The minimum Gasteiger partial charge on any atom is -0.493 e. The van der Waals surface area contributed by atoms with Crippen molar-refractivity contribution in [1.29, 1.82) is 5.26 Å². The van der Waals surface area contributed by atoms with Crippen LogP contribution in [0.5, 0.6) is 5.75 Å². The lowest BCUT2D eigenvalue weighted by molar-refractivity contribution is 0.262. The summed E-state index contributed by atoms with van der Waals surface area (Å²) < 4.78 is 5.77. The summed E-state index contributed by atoms with van der Waals surface area (Å²) in [7, 11) is 0. The van der Waals surface area contributed by atoms with Gasteiger partial charge in [0.2, 0.25) is 0 Å². The van der Waals surface area contributed by atoms with Gasteiger partial charge in [0, 0.05) is 11.1 Å². The maximum atomic E-state index is 8.96. The van der Waals surface area contributed by atoms with E-state index in [1.165, 1.54) is 0 Å². The first-order valence-electron chi connectivity index (χ1n) is 6.42. The maximum Gasteiger partial charge on any atom is 0.122 e. The van der Waals surface area contributed by atoms with E-state index in [0.717, 1.165) is 17.7 Å². The molecular weight excluding hydrogens is 260 g/mol. The number of rotatable bonds is 6. The molecule has 2 N–H and O–H groups in total. The Hall–Kier alpha value is -1.24. The van der Waals surface area contributed by atoms with Gasteiger partial charge in [0.15, 0.2) is 0 Å². The van der Waals surface area contributed by atoms with E-state index < -0.39 is 0 Å². The van der Waals surface area contributed by atoms with Gasteiger partial charge in [0.05, 0.1) is 18.1 Å². The van der Waals surface area contributed by atoms with Gasteiger partial charge in [-0.25, -0.2) is 0 Å². The molecule has 0 saturated heterocycles. The first-order valence-corrected chi connectivity index (χ1v) is 6.80. The first kappa shape index (κ1) is 15.8. The van der Waals surface area contributed by atoms with Gasteiger partial charge in [-0.3, -0.25) is 0 Å². The van der Waals surface area contributed by atoms with E-state index in [4.69, 9.17) is 27.3 Å². The largest absolute Gasteiger partial charge is 0.493 e. The second kappa shape index (κ2) is 6.79. The molecule has 1 atom stereocenters. The maximum absolute atomic E-state index is 8.96. The molecule has 0 aliphatic carbocycles. The van der Waals surface area contributed by atoms with Crippen molar-refractivity contribution in [1.82, 2.24) is 0 Å². The van der Waals surface area contributed by atoms with Gasteiger partial charge in [0.1, 0.15) is 5.75 Å².